The number of benzene rings is 1. The van der Waals surface area contributed by atoms with Gasteiger partial charge in [0.05, 0.1) is 23.5 Å². The molecule has 0 bridgehead atoms. The van der Waals surface area contributed by atoms with Crippen molar-refractivity contribution in [3.8, 4) is 5.69 Å². The van der Waals surface area contributed by atoms with Gasteiger partial charge in [-0.1, -0.05) is 23.4 Å². The Morgan fingerprint density at radius 1 is 1.21 bits per heavy atom. The molecule has 1 aromatic heterocycles. The number of rotatable bonds is 4. The molecule has 1 saturated heterocycles. The maximum absolute atomic E-state index is 13.0. The van der Waals surface area contributed by atoms with E-state index in [1.54, 1.807) is 4.68 Å². The van der Waals surface area contributed by atoms with Crippen molar-refractivity contribution in [2.45, 2.75) is 19.1 Å². The second kappa shape index (κ2) is 6.90. The molecule has 8 heteroatoms. The Kier molecular flexibility index (Phi) is 4.86. The summed E-state index contributed by atoms with van der Waals surface area (Å²) in [6.07, 6.45) is -2.28. The average Bonchev–Trinajstić information content (AvgIpc) is 3.03. The van der Waals surface area contributed by atoms with Crippen molar-refractivity contribution in [2.75, 3.05) is 19.6 Å². The molecule has 130 valence electrons. The van der Waals surface area contributed by atoms with Gasteiger partial charge in [0, 0.05) is 13.1 Å². The SMILES string of the molecule is NCC1CN(Cc2cn(-c3ccccc3)nn2)CCC1C(F)(F)F. The molecule has 2 heterocycles. The molecule has 2 unspecified atom stereocenters. The normalized spacial score (nSPS) is 22.7. The van der Waals surface area contributed by atoms with Crippen LogP contribution in [0, 0.1) is 11.8 Å². The zero-order valence-electron chi connectivity index (χ0n) is 13.2. The molecule has 5 nitrogen and oxygen atoms in total. The highest BCUT2D eigenvalue weighted by Crippen LogP contribution is 2.37. The van der Waals surface area contributed by atoms with Gasteiger partial charge in [-0.05, 0) is 37.6 Å². The summed E-state index contributed by atoms with van der Waals surface area (Å²) in [4.78, 5) is 1.97. The number of para-hydroxylation sites is 1. The highest BCUT2D eigenvalue weighted by Gasteiger charge is 2.46. The Balaban J connectivity index is 1.64. The van der Waals surface area contributed by atoms with E-state index in [0.29, 0.717) is 19.6 Å². The molecule has 1 fully saturated rings. The second-order valence-corrected chi connectivity index (χ2v) is 6.16. The van der Waals surface area contributed by atoms with Crippen LogP contribution in [-0.2, 0) is 6.54 Å². The number of nitrogens with zero attached hydrogens (tertiary/aromatic N) is 4. The van der Waals surface area contributed by atoms with Gasteiger partial charge in [0.1, 0.15) is 0 Å². The van der Waals surface area contributed by atoms with Crippen molar-refractivity contribution >= 4 is 0 Å². The molecule has 0 spiro atoms. The minimum absolute atomic E-state index is 0.0391. The molecule has 1 aliphatic heterocycles. The molecule has 1 aliphatic rings. The number of hydrogen-bond acceptors (Lipinski definition) is 4. The number of aromatic nitrogens is 3. The molecule has 3 rings (SSSR count). The second-order valence-electron chi connectivity index (χ2n) is 6.16. The Morgan fingerprint density at radius 3 is 2.62 bits per heavy atom. The molecule has 2 aromatic rings. The van der Waals surface area contributed by atoms with Crippen LogP contribution in [0.25, 0.3) is 5.69 Å². The topological polar surface area (TPSA) is 60.0 Å². The van der Waals surface area contributed by atoms with Crippen molar-refractivity contribution in [1.82, 2.24) is 19.9 Å². The molecule has 0 amide bonds. The summed E-state index contributed by atoms with van der Waals surface area (Å²) in [5, 5.41) is 8.20. The number of alkyl halides is 3. The maximum Gasteiger partial charge on any atom is 0.392 e. The van der Waals surface area contributed by atoms with Gasteiger partial charge in [0.25, 0.3) is 0 Å². The van der Waals surface area contributed by atoms with E-state index in [0.717, 1.165) is 11.4 Å². The lowest BCUT2D eigenvalue weighted by atomic mass is 9.85. The fourth-order valence-electron chi connectivity index (χ4n) is 3.23. The van der Waals surface area contributed by atoms with Crippen LogP contribution in [0.3, 0.4) is 0 Å². The van der Waals surface area contributed by atoms with Gasteiger partial charge in [0.15, 0.2) is 0 Å². The molecule has 2 atom stereocenters. The van der Waals surface area contributed by atoms with Crippen LogP contribution in [0.1, 0.15) is 12.1 Å². The Morgan fingerprint density at radius 2 is 1.96 bits per heavy atom. The van der Waals surface area contributed by atoms with E-state index < -0.39 is 18.0 Å². The van der Waals surface area contributed by atoms with Crippen LogP contribution in [0.2, 0.25) is 0 Å². The summed E-state index contributed by atoms with van der Waals surface area (Å²) in [6.45, 7) is 1.24. The lowest BCUT2D eigenvalue weighted by molar-refractivity contribution is -0.199. The molecule has 1 aromatic carbocycles. The van der Waals surface area contributed by atoms with Crippen molar-refractivity contribution in [1.29, 1.82) is 0 Å². The van der Waals surface area contributed by atoms with Crippen LogP contribution >= 0.6 is 0 Å². The van der Waals surface area contributed by atoms with E-state index in [9.17, 15) is 13.2 Å². The van der Waals surface area contributed by atoms with Crippen LogP contribution in [-0.4, -0.2) is 45.7 Å². The number of nitrogens with two attached hydrogens (primary N) is 1. The molecule has 0 saturated carbocycles. The summed E-state index contributed by atoms with van der Waals surface area (Å²) >= 11 is 0. The smallest absolute Gasteiger partial charge is 0.330 e. The van der Waals surface area contributed by atoms with E-state index in [1.165, 1.54) is 0 Å². The zero-order valence-corrected chi connectivity index (χ0v) is 13.2. The molecular weight excluding hydrogens is 319 g/mol. The van der Waals surface area contributed by atoms with Crippen molar-refractivity contribution in [2.24, 2.45) is 17.6 Å². The molecule has 24 heavy (non-hydrogen) atoms. The van der Waals surface area contributed by atoms with Gasteiger partial charge in [-0.25, -0.2) is 4.68 Å². The van der Waals surface area contributed by atoms with Gasteiger partial charge >= 0.3 is 6.18 Å². The van der Waals surface area contributed by atoms with Gasteiger partial charge in [-0.2, -0.15) is 13.2 Å². The third kappa shape index (κ3) is 3.76. The first kappa shape index (κ1) is 16.9. The highest BCUT2D eigenvalue weighted by molar-refractivity contribution is 5.29. The number of hydrogen-bond donors (Lipinski definition) is 1. The first-order valence-electron chi connectivity index (χ1n) is 7.93. The van der Waals surface area contributed by atoms with E-state index >= 15 is 0 Å². The largest absolute Gasteiger partial charge is 0.392 e. The van der Waals surface area contributed by atoms with Crippen molar-refractivity contribution in [3.63, 3.8) is 0 Å². The Bertz CT molecular complexity index is 655. The summed E-state index contributed by atoms with van der Waals surface area (Å²) < 4.78 is 40.7. The van der Waals surface area contributed by atoms with Crippen molar-refractivity contribution < 1.29 is 13.2 Å². The first-order chi connectivity index (χ1) is 11.5. The fourth-order valence-corrected chi connectivity index (χ4v) is 3.23. The van der Waals surface area contributed by atoms with Crippen LogP contribution in [0.5, 0.6) is 0 Å². The minimum Gasteiger partial charge on any atom is -0.330 e. The van der Waals surface area contributed by atoms with Gasteiger partial charge in [-0.15, -0.1) is 5.10 Å². The predicted octanol–water partition coefficient (Wildman–Crippen LogP) is 2.23. The number of halogens is 3. The van der Waals surface area contributed by atoms with E-state index in [1.807, 2.05) is 41.4 Å². The van der Waals surface area contributed by atoms with Gasteiger partial charge in [-0.3, -0.25) is 4.90 Å². The Hall–Kier alpha value is -1.93. The van der Waals surface area contributed by atoms with Gasteiger partial charge < -0.3 is 5.73 Å². The maximum atomic E-state index is 13.0. The zero-order chi connectivity index (χ0) is 17.2. The van der Waals surface area contributed by atoms with E-state index in [2.05, 4.69) is 10.3 Å². The first-order valence-corrected chi connectivity index (χ1v) is 7.93. The minimum atomic E-state index is -4.17. The van der Waals surface area contributed by atoms with Gasteiger partial charge in [0.2, 0.25) is 0 Å². The highest BCUT2D eigenvalue weighted by atomic mass is 19.4. The molecule has 0 radical (unpaired) electrons. The summed E-state index contributed by atoms with van der Waals surface area (Å²) in [6, 6.07) is 9.56. The van der Waals surface area contributed by atoms with E-state index in [4.69, 9.17) is 5.73 Å². The van der Waals surface area contributed by atoms with Crippen LogP contribution in [0.15, 0.2) is 36.5 Å². The van der Waals surface area contributed by atoms with E-state index in [-0.39, 0.29) is 13.0 Å². The average molecular weight is 339 g/mol. The number of likely N-dealkylation sites (tertiary alicyclic amines) is 1. The quantitative estimate of drug-likeness (QED) is 0.928. The molecule has 0 aliphatic carbocycles. The summed E-state index contributed by atoms with van der Waals surface area (Å²) in [5.74, 6) is -1.87. The lowest BCUT2D eigenvalue weighted by Gasteiger charge is -2.38. The molecule has 2 N–H and O–H groups in total. The third-order valence-corrected chi connectivity index (χ3v) is 4.49. The third-order valence-electron chi connectivity index (χ3n) is 4.49. The fraction of sp³-hybridized carbons (Fsp3) is 0.500. The van der Waals surface area contributed by atoms with Crippen LogP contribution < -0.4 is 5.73 Å². The monoisotopic (exact) mass is 339 g/mol. The Labute approximate surface area is 138 Å². The van der Waals surface area contributed by atoms with Crippen molar-refractivity contribution in [3.05, 3.63) is 42.2 Å². The number of piperidine rings is 1. The predicted molar refractivity (Wildman–Crippen MR) is 83.3 cm³/mol. The lowest BCUT2D eigenvalue weighted by Crippen LogP contribution is -2.48. The molecular formula is C16H20F3N5. The van der Waals surface area contributed by atoms with Crippen LogP contribution in [0.4, 0.5) is 13.2 Å². The summed E-state index contributed by atoms with van der Waals surface area (Å²) in [7, 11) is 0. The standard InChI is InChI=1S/C16H20F3N5/c17-16(18,19)15-6-7-23(9-12(15)8-20)10-13-11-24(22-21-13)14-4-2-1-3-5-14/h1-5,11-12,15H,6-10,20H2. The summed E-state index contributed by atoms with van der Waals surface area (Å²) in [5.41, 5.74) is 7.20.